The first kappa shape index (κ1) is 12.2. The molecule has 1 aliphatic rings. The summed E-state index contributed by atoms with van der Waals surface area (Å²) in [7, 11) is 0. The van der Waals surface area contributed by atoms with E-state index in [4.69, 9.17) is 16.3 Å². The molecule has 1 nitrogen and oxygen atoms in total. The Hall–Kier alpha value is -1.51. The SMILES string of the molecule is ClC(c1ccc2c(c1)CCO2)c1csc2ccccc12. The zero-order valence-electron chi connectivity index (χ0n) is 10.8. The van der Waals surface area contributed by atoms with Gasteiger partial charge < -0.3 is 4.74 Å². The van der Waals surface area contributed by atoms with Crippen molar-refractivity contribution < 1.29 is 4.74 Å². The summed E-state index contributed by atoms with van der Waals surface area (Å²) in [5.41, 5.74) is 3.62. The summed E-state index contributed by atoms with van der Waals surface area (Å²) in [6.45, 7) is 0.785. The maximum Gasteiger partial charge on any atom is 0.122 e. The van der Waals surface area contributed by atoms with Crippen LogP contribution < -0.4 is 4.74 Å². The third-order valence-electron chi connectivity index (χ3n) is 3.79. The van der Waals surface area contributed by atoms with Gasteiger partial charge in [0.1, 0.15) is 5.75 Å². The number of benzene rings is 2. The summed E-state index contributed by atoms with van der Waals surface area (Å²) in [4.78, 5) is 0. The van der Waals surface area contributed by atoms with Crippen LogP contribution in [0.25, 0.3) is 10.1 Å². The minimum absolute atomic E-state index is 0.1000. The Morgan fingerprint density at radius 3 is 3.00 bits per heavy atom. The van der Waals surface area contributed by atoms with Crippen LogP contribution in [-0.4, -0.2) is 6.61 Å². The van der Waals surface area contributed by atoms with Gasteiger partial charge in [-0.2, -0.15) is 0 Å². The number of fused-ring (bicyclic) bond motifs is 2. The summed E-state index contributed by atoms with van der Waals surface area (Å²) in [5.74, 6) is 1.01. The van der Waals surface area contributed by atoms with Crippen LogP contribution in [0.5, 0.6) is 5.75 Å². The molecule has 4 rings (SSSR count). The molecule has 0 bridgehead atoms. The topological polar surface area (TPSA) is 9.23 Å². The van der Waals surface area contributed by atoms with E-state index in [2.05, 4.69) is 41.8 Å². The maximum atomic E-state index is 6.72. The molecule has 2 heterocycles. The first-order valence-corrected chi connectivity index (χ1v) is 8.00. The lowest BCUT2D eigenvalue weighted by Gasteiger charge is -2.11. The zero-order chi connectivity index (χ0) is 13.5. The molecule has 3 aromatic rings. The molecule has 0 spiro atoms. The highest BCUT2D eigenvalue weighted by Crippen LogP contribution is 2.39. The molecule has 2 aromatic carbocycles. The van der Waals surface area contributed by atoms with Gasteiger partial charge in [-0.05, 0) is 39.6 Å². The quantitative estimate of drug-likeness (QED) is 0.594. The van der Waals surface area contributed by atoms with Gasteiger partial charge >= 0.3 is 0 Å². The van der Waals surface area contributed by atoms with Crippen molar-refractivity contribution in [1.29, 1.82) is 0 Å². The van der Waals surface area contributed by atoms with Gasteiger partial charge in [-0.15, -0.1) is 22.9 Å². The number of ether oxygens (including phenoxy) is 1. The van der Waals surface area contributed by atoms with Gasteiger partial charge in [-0.25, -0.2) is 0 Å². The van der Waals surface area contributed by atoms with Gasteiger partial charge in [0.2, 0.25) is 0 Å². The predicted octanol–water partition coefficient (Wildman–Crippen LogP) is 5.16. The Bertz CT molecular complexity index is 778. The largest absolute Gasteiger partial charge is 0.493 e. The van der Waals surface area contributed by atoms with Crippen LogP contribution in [0, 0.1) is 0 Å². The summed E-state index contributed by atoms with van der Waals surface area (Å²) in [6.07, 6.45) is 0.983. The van der Waals surface area contributed by atoms with E-state index in [1.54, 1.807) is 11.3 Å². The molecule has 1 aliphatic heterocycles. The van der Waals surface area contributed by atoms with Gasteiger partial charge in [0.15, 0.2) is 0 Å². The summed E-state index contributed by atoms with van der Waals surface area (Å²) < 4.78 is 6.84. The molecular weight excluding hydrogens is 288 g/mol. The summed E-state index contributed by atoms with van der Waals surface area (Å²) in [6, 6.07) is 14.7. The Morgan fingerprint density at radius 2 is 2.05 bits per heavy atom. The van der Waals surface area contributed by atoms with Crippen LogP contribution in [0.4, 0.5) is 0 Å². The van der Waals surface area contributed by atoms with Gasteiger partial charge in [0.05, 0.1) is 12.0 Å². The van der Waals surface area contributed by atoms with Gasteiger partial charge in [0, 0.05) is 11.1 Å². The Labute approximate surface area is 126 Å². The highest BCUT2D eigenvalue weighted by Gasteiger charge is 2.19. The van der Waals surface area contributed by atoms with Crippen molar-refractivity contribution in [2.45, 2.75) is 11.8 Å². The van der Waals surface area contributed by atoms with Gasteiger partial charge in [-0.3, -0.25) is 0 Å². The number of alkyl halides is 1. The molecule has 1 aromatic heterocycles. The number of thiophene rings is 1. The average molecular weight is 301 g/mol. The maximum absolute atomic E-state index is 6.72. The van der Waals surface area contributed by atoms with Crippen LogP contribution in [0.15, 0.2) is 47.8 Å². The molecule has 3 heteroatoms. The van der Waals surface area contributed by atoms with E-state index in [9.17, 15) is 0 Å². The van der Waals surface area contributed by atoms with Crippen LogP contribution in [0.3, 0.4) is 0 Å². The molecule has 100 valence electrons. The molecular formula is C17H13ClOS. The van der Waals surface area contributed by atoms with Crippen LogP contribution in [-0.2, 0) is 6.42 Å². The third-order valence-corrected chi connectivity index (χ3v) is 5.26. The fourth-order valence-electron chi connectivity index (χ4n) is 2.74. The highest BCUT2D eigenvalue weighted by atomic mass is 35.5. The second-order valence-corrected chi connectivity index (χ2v) is 6.36. The lowest BCUT2D eigenvalue weighted by Crippen LogP contribution is -1.93. The lowest BCUT2D eigenvalue weighted by molar-refractivity contribution is 0.357. The number of hydrogen-bond donors (Lipinski definition) is 0. The lowest BCUT2D eigenvalue weighted by atomic mass is 10.0. The van der Waals surface area contributed by atoms with Crippen molar-refractivity contribution in [2.24, 2.45) is 0 Å². The van der Waals surface area contributed by atoms with E-state index in [0.29, 0.717) is 0 Å². The molecule has 0 saturated heterocycles. The minimum Gasteiger partial charge on any atom is -0.493 e. The van der Waals surface area contributed by atoms with Crippen molar-refractivity contribution >= 4 is 33.0 Å². The predicted molar refractivity (Wildman–Crippen MR) is 85.2 cm³/mol. The van der Waals surface area contributed by atoms with Gasteiger partial charge in [0.25, 0.3) is 0 Å². The fraction of sp³-hybridized carbons (Fsp3) is 0.176. The number of hydrogen-bond acceptors (Lipinski definition) is 2. The van der Waals surface area contributed by atoms with Crippen molar-refractivity contribution in [2.75, 3.05) is 6.61 Å². The van der Waals surface area contributed by atoms with Crippen molar-refractivity contribution in [1.82, 2.24) is 0 Å². The monoisotopic (exact) mass is 300 g/mol. The number of rotatable bonds is 2. The molecule has 1 unspecified atom stereocenters. The zero-order valence-corrected chi connectivity index (χ0v) is 12.4. The molecule has 0 amide bonds. The third kappa shape index (κ3) is 1.91. The summed E-state index contributed by atoms with van der Waals surface area (Å²) >= 11 is 8.47. The van der Waals surface area contributed by atoms with Crippen LogP contribution in [0.2, 0.25) is 0 Å². The van der Waals surface area contributed by atoms with Gasteiger partial charge in [-0.1, -0.05) is 30.3 Å². The highest BCUT2D eigenvalue weighted by molar-refractivity contribution is 7.17. The molecule has 0 aliphatic carbocycles. The smallest absolute Gasteiger partial charge is 0.122 e. The van der Waals surface area contributed by atoms with E-state index >= 15 is 0 Å². The Balaban J connectivity index is 1.78. The van der Waals surface area contributed by atoms with Crippen molar-refractivity contribution in [3.63, 3.8) is 0 Å². The van der Waals surface area contributed by atoms with E-state index < -0.39 is 0 Å². The number of halogens is 1. The molecule has 0 fully saturated rings. The van der Waals surface area contributed by atoms with E-state index in [1.165, 1.54) is 21.2 Å². The molecule has 0 saturated carbocycles. The Kier molecular flexibility index (Phi) is 2.94. The second kappa shape index (κ2) is 4.80. The first-order valence-electron chi connectivity index (χ1n) is 6.69. The molecule has 0 radical (unpaired) electrons. The minimum atomic E-state index is -0.1000. The molecule has 0 N–H and O–H groups in total. The fourth-order valence-corrected chi connectivity index (χ4v) is 4.12. The van der Waals surface area contributed by atoms with E-state index in [-0.39, 0.29) is 5.38 Å². The second-order valence-electron chi connectivity index (χ2n) is 5.02. The standard InChI is InChI=1S/C17H13ClOS/c18-17(12-5-6-15-11(9-12)7-8-19-15)14-10-20-16-4-2-1-3-13(14)16/h1-6,9-10,17H,7-8H2. The van der Waals surface area contributed by atoms with Crippen LogP contribution >= 0.6 is 22.9 Å². The van der Waals surface area contributed by atoms with Crippen LogP contribution in [0.1, 0.15) is 22.1 Å². The van der Waals surface area contributed by atoms with Crippen molar-refractivity contribution in [3.8, 4) is 5.75 Å². The Morgan fingerprint density at radius 1 is 1.15 bits per heavy atom. The van der Waals surface area contributed by atoms with E-state index in [0.717, 1.165) is 24.3 Å². The first-order chi connectivity index (χ1) is 9.83. The van der Waals surface area contributed by atoms with E-state index in [1.807, 2.05) is 6.07 Å². The molecule has 1 atom stereocenters. The normalized spacial score (nSPS) is 15.1. The molecule has 20 heavy (non-hydrogen) atoms. The summed E-state index contributed by atoms with van der Waals surface area (Å²) in [5, 5.41) is 3.33. The van der Waals surface area contributed by atoms with Crippen molar-refractivity contribution in [3.05, 3.63) is 64.5 Å². The average Bonchev–Trinajstić information content (AvgIpc) is 3.12.